The molecule has 0 spiro atoms. The standard InChI is InChI=1S/C21H34N4O3S.HI/c1-3-22-20(23-17-21(29(2,26)27)11-15-28-16-12-21)24-18-9-13-25(14-10-18)19-7-5-4-6-8-19;/h4-8,18H,3,9-17H2,1-2H3,(H2,22,23,24);1H. The largest absolute Gasteiger partial charge is 0.381 e. The van der Waals surface area contributed by atoms with Crippen molar-refractivity contribution in [1.82, 2.24) is 10.6 Å². The number of hydrogen-bond acceptors (Lipinski definition) is 5. The maximum Gasteiger partial charge on any atom is 0.191 e. The van der Waals surface area contributed by atoms with Crippen LogP contribution in [0.5, 0.6) is 0 Å². The molecule has 1 aromatic rings. The number of guanidine groups is 1. The van der Waals surface area contributed by atoms with Crippen molar-refractivity contribution in [3.05, 3.63) is 30.3 Å². The van der Waals surface area contributed by atoms with Crippen LogP contribution in [0.2, 0.25) is 0 Å². The van der Waals surface area contributed by atoms with Crippen LogP contribution < -0.4 is 15.5 Å². The summed E-state index contributed by atoms with van der Waals surface area (Å²) in [5.41, 5.74) is 1.26. The Hall–Kier alpha value is -1.07. The lowest BCUT2D eigenvalue weighted by molar-refractivity contribution is 0.0768. The molecule has 0 atom stereocenters. The SMILES string of the molecule is CCNC(=NCC1(S(C)(=O)=O)CCOCC1)NC1CCN(c2ccccc2)CC1.I. The Morgan fingerprint density at radius 2 is 1.83 bits per heavy atom. The number of halogens is 1. The second-order valence-corrected chi connectivity index (χ2v) is 10.4. The summed E-state index contributed by atoms with van der Waals surface area (Å²) in [6, 6.07) is 10.8. The zero-order chi connectivity index (χ0) is 20.7. The van der Waals surface area contributed by atoms with Crippen LogP contribution in [0.4, 0.5) is 5.69 Å². The fraction of sp³-hybridized carbons (Fsp3) is 0.667. The van der Waals surface area contributed by atoms with E-state index < -0.39 is 14.6 Å². The first-order chi connectivity index (χ1) is 13.9. The van der Waals surface area contributed by atoms with E-state index in [9.17, 15) is 8.42 Å². The summed E-state index contributed by atoms with van der Waals surface area (Å²) in [4.78, 5) is 7.10. The normalized spacial score (nSPS) is 20.3. The number of anilines is 1. The molecule has 0 unspecified atom stereocenters. The van der Waals surface area contributed by atoms with E-state index in [1.165, 1.54) is 11.9 Å². The molecule has 2 fully saturated rings. The van der Waals surface area contributed by atoms with Gasteiger partial charge in [-0.3, -0.25) is 4.99 Å². The fourth-order valence-corrected chi connectivity index (χ4v) is 5.25. The molecule has 7 nitrogen and oxygen atoms in total. The molecule has 2 N–H and O–H groups in total. The van der Waals surface area contributed by atoms with Gasteiger partial charge in [0.1, 0.15) is 0 Å². The van der Waals surface area contributed by atoms with E-state index in [2.05, 4.69) is 39.8 Å². The third kappa shape index (κ3) is 6.46. The first kappa shape index (κ1) is 25.2. The van der Waals surface area contributed by atoms with Gasteiger partial charge in [0, 0.05) is 50.8 Å². The third-order valence-corrected chi connectivity index (χ3v) is 8.13. The summed E-state index contributed by atoms with van der Waals surface area (Å²) in [5, 5.41) is 6.80. The smallest absolute Gasteiger partial charge is 0.191 e. The number of aliphatic imine (C=N–C) groups is 1. The predicted molar refractivity (Wildman–Crippen MR) is 134 cm³/mol. The molecule has 0 radical (unpaired) electrons. The Morgan fingerprint density at radius 3 is 2.40 bits per heavy atom. The molecule has 2 saturated heterocycles. The van der Waals surface area contributed by atoms with Crippen LogP contribution in [0, 0.1) is 0 Å². The average molecular weight is 551 g/mol. The first-order valence-corrected chi connectivity index (χ1v) is 12.4. The number of nitrogens with one attached hydrogen (secondary N) is 2. The number of nitrogens with zero attached hydrogens (tertiary/aromatic N) is 2. The Bertz CT molecular complexity index is 775. The zero-order valence-electron chi connectivity index (χ0n) is 18.0. The Balaban J connectivity index is 0.00000320. The van der Waals surface area contributed by atoms with Crippen LogP contribution in [0.25, 0.3) is 0 Å². The van der Waals surface area contributed by atoms with E-state index >= 15 is 0 Å². The Labute approximate surface area is 198 Å². The number of benzene rings is 1. The molecule has 0 aliphatic carbocycles. The van der Waals surface area contributed by atoms with Crippen LogP contribution >= 0.6 is 24.0 Å². The van der Waals surface area contributed by atoms with Crippen molar-refractivity contribution in [1.29, 1.82) is 0 Å². The Kier molecular flexibility index (Phi) is 9.67. The van der Waals surface area contributed by atoms with Crippen molar-refractivity contribution in [2.45, 2.75) is 43.4 Å². The minimum atomic E-state index is -3.22. The van der Waals surface area contributed by atoms with Gasteiger partial charge in [-0.25, -0.2) is 8.42 Å². The summed E-state index contributed by atoms with van der Waals surface area (Å²) < 4.78 is 29.5. The molecule has 0 aromatic heterocycles. The minimum absolute atomic E-state index is 0. The highest BCUT2D eigenvalue weighted by Crippen LogP contribution is 2.29. The zero-order valence-corrected chi connectivity index (χ0v) is 21.1. The van der Waals surface area contributed by atoms with E-state index in [4.69, 9.17) is 9.73 Å². The van der Waals surface area contributed by atoms with Crippen molar-refractivity contribution in [3.8, 4) is 0 Å². The number of para-hydroxylation sites is 1. The second kappa shape index (κ2) is 11.5. The van der Waals surface area contributed by atoms with Crippen LogP contribution in [0.15, 0.2) is 35.3 Å². The summed E-state index contributed by atoms with van der Waals surface area (Å²) in [5.74, 6) is 0.708. The van der Waals surface area contributed by atoms with Gasteiger partial charge in [-0.15, -0.1) is 24.0 Å². The highest BCUT2D eigenvalue weighted by atomic mass is 127. The summed E-state index contributed by atoms with van der Waals surface area (Å²) in [6.07, 6.45) is 4.37. The molecular formula is C21H35IN4O3S. The molecule has 1 aromatic carbocycles. The van der Waals surface area contributed by atoms with Gasteiger partial charge < -0.3 is 20.3 Å². The second-order valence-electron chi connectivity index (χ2n) is 8.00. The lowest BCUT2D eigenvalue weighted by atomic mass is 9.99. The molecule has 2 aliphatic heterocycles. The predicted octanol–water partition coefficient (Wildman–Crippen LogP) is 2.42. The lowest BCUT2D eigenvalue weighted by Gasteiger charge is -2.35. The molecule has 0 amide bonds. The maximum atomic E-state index is 12.5. The van der Waals surface area contributed by atoms with Crippen molar-refractivity contribution in [2.24, 2.45) is 4.99 Å². The quantitative estimate of drug-likeness (QED) is 0.322. The van der Waals surface area contributed by atoms with Gasteiger partial charge >= 0.3 is 0 Å². The monoisotopic (exact) mass is 550 g/mol. The van der Waals surface area contributed by atoms with Crippen molar-refractivity contribution >= 4 is 45.5 Å². The van der Waals surface area contributed by atoms with E-state index in [-0.39, 0.29) is 30.5 Å². The number of rotatable bonds is 6. The number of ether oxygens (including phenoxy) is 1. The lowest BCUT2D eigenvalue weighted by Crippen LogP contribution is -2.50. The van der Waals surface area contributed by atoms with Gasteiger partial charge in [0.15, 0.2) is 15.8 Å². The number of hydrogen-bond donors (Lipinski definition) is 2. The fourth-order valence-electron chi connectivity index (χ4n) is 4.05. The highest BCUT2D eigenvalue weighted by molar-refractivity contribution is 14.0. The van der Waals surface area contributed by atoms with Crippen molar-refractivity contribution in [3.63, 3.8) is 0 Å². The summed E-state index contributed by atoms with van der Waals surface area (Å²) in [7, 11) is -3.22. The molecule has 3 rings (SSSR count). The maximum absolute atomic E-state index is 12.5. The highest BCUT2D eigenvalue weighted by Gasteiger charge is 2.42. The van der Waals surface area contributed by atoms with Gasteiger partial charge in [-0.1, -0.05) is 18.2 Å². The van der Waals surface area contributed by atoms with Crippen LogP contribution in [-0.4, -0.2) is 70.8 Å². The molecule has 9 heteroatoms. The summed E-state index contributed by atoms with van der Waals surface area (Å²) in [6.45, 7) is 5.97. The topological polar surface area (TPSA) is 83.0 Å². The number of sulfone groups is 1. The average Bonchev–Trinajstić information content (AvgIpc) is 2.73. The van der Waals surface area contributed by atoms with Gasteiger partial charge in [-0.05, 0) is 44.7 Å². The summed E-state index contributed by atoms with van der Waals surface area (Å²) >= 11 is 0. The molecule has 2 aliphatic rings. The van der Waals surface area contributed by atoms with Crippen molar-refractivity contribution < 1.29 is 13.2 Å². The van der Waals surface area contributed by atoms with Gasteiger partial charge in [0.2, 0.25) is 0 Å². The third-order valence-electron chi connectivity index (χ3n) is 6.02. The number of piperidine rings is 1. The van der Waals surface area contributed by atoms with Crippen molar-refractivity contribution in [2.75, 3.05) is 50.5 Å². The van der Waals surface area contributed by atoms with Crippen LogP contribution in [0.3, 0.4) is 0 Å². The molecule has 30 heavy (non-hydrogen) atoms. The minimum Gasteiger partial charge on any atom is -0.381 e. The molecule has 2 heterocycles. The first-order valence-electron chi connectivity index (χ1n) is 10.6. The van der Waals surface area contributed by atoms with E-state index in [0.717, 1.165) is 32.5 Å². The van der Waals surface area contributed by atoms with Gasteiger partial charge in [0.05, 0.1) is 11.3 Å². The molecular weight excluding hydrogens is 515 g/mol. The van der Waals surface area contributed by atoms with E-state index in [1.54, 1.807) is 0 Å². The molecule has 170 valence electrons. The van der Waals surface area contributed by atoms with E-state index in [0.29, 0.717) is 38.1 Å². The van der Waals surface area contributed by atoms with Crippen LogP contribution in [0.1, 0.15) is 32.6 Å². The molecule has 0 bridgehead atoms. The Morgan fingerprint density at radius 1 is 1.20 bits per heavy atom. The van der Waals surface area contributed by atoms with Crippen LogP contribution in [-0.2, 0) is 14.6 Å². The van der Waals surface area contributed by atoms with E-state index in [1.807, 2.05) is 13.0 Å². The van der Waals surface area contributed by atoms with Gasteiger partial charge in [0.25, 0.3) is 0 Å². The molecule has 0 saturated carbocycles. The van der Waals surface area contributed by atoms with Gasteiger partial charge in [-0.2, -0.15) is 0 Å².